The average Bonchev–Trinajstić information content (AvgIpc) is 2.75. The highest BCUT2D eigenvalue weighted by Gasteiger charge is 2.14. The zero-order valence-corrected chi connectivity index (χ0v) is 16.3. The minimum absolute atomic E-state index is 0.253. The summed E-state index contributed by atoms with van der Waals surface area (Å²) >= 11 is 0. The smallest absolute Gasteiger partial charge is 0.211 e. The molecule has 0 aliphatic rings. The van der Waals surface area contributed by atoms with Gasteiger partial charge in [-0.15, -0.1) is 0 Å². The van der Waals surface area contributed by atoms with Crippen molar-refractivity contribution in [1.29, 1.82) is 5.26 Å². The Kier molecular flexibility index (Phi) is 6.59. The van der Waals surface area contributed by atoms with Gasteiger partial charge in [-0.25, -0.2) is 13.1 Å². The van der Waals surface area contributed by atoms with E-state index in [9.17, 15) is 13.7 Å². The molecular weight excluding hydrogens is 368 g/mol. The van der Waals surface area contributed by atoms with Gasteiger partial charge in [-0.1, -0.05) is 72.8 Å². The Balaban J connectivity index is 1.56. The van der Waals surface area contributed by atoms with Gasteiger partial charge in [0.1, 0.15) is 0 Å². The fourth-order valence-electron chi connectivity index (χ4n) is 3.04. The monoisotopic (exact) mass is 390 g/mol. The Hall–Kier alpha value is -2.94. The normalized spacial score (nSPS) is 12.2. The van der Waals surface area contributed by atoms with Crippen LogP contribution in [0.3, 0.4) is 0 Å². The minimum atomic E-state index is -3.50. The van der Waals surface area contributed by atoms with E-state index < -0.39 is 10.0 Å². The summed E-state index contributed by atoms with van der Waals surface area (Å²) < 4.78 is 27.0. The van der Waals surface area contributed by atoms with Crippen LogP contribution in [0.4, 0.5) is 0 Å². The molecule has 0 saturated carbocycles. The van der Waals surface area contributed by atoms with E-state index in [2.05, 4.69) is 22.9 Å². The lowest BCUT2D eigenvalue weighted by Gasteiger charge is -2.11. The van der Waals surface area contributed by atoms with Gasteiger partial charge in [-0.05, 0) is 41.7 Å². The second-order valence-electron chi connectivity index (χ2n) is 6.52. The lowest BCUT2D eigenvalue weighted by atomic mass is 9.94. The van der Waals surface area contributed by atoms with Gasteiger partial charge in [0.05, 0.1) is 16.9 Å². The van der Waals surface area contributed by atoms with Crippen molar-refractivity contribution in [3.05, 3.63) is 90.5 Å². The van der Waals surface area contributed by atoms with E-state index in [1.165, 1.54) is 0 Å². The highest BCUT2D eigenvalue weighted by atomic mass is 32.2. The van der Waals surface area contributed by atoms with E-state index in [1.54, 1.807) is 30.3 Å². The summed E-state index contributed by atoms with van der Waals surface area (Å²) in [6, 6.07) is 28.7. The SMILES string of the molecule is N#C[C@H](CCCNS(=O)(=O)c1ccccc1)c1ccc(-c2ccccc2)cc1. The summed E-state index contributed by atoms with van der Waals surface area (Å²) in [6.07, 6.45) is 1.18. The molecule has 0 spiro atoms. The van der Waals surface area contributed by atoms with Crippen molar-refractivity contribution in [2.24, 2.45) is 0 Å². The van der Waals surface area contributed by atoms with Crippen LogP contribution in [0.2, 0.25) is 0 Å². The molecule has 0 aliphatic heterocycles. The largest absolute Gasteiger partial charge is 0.240 e. The number of nitriles is 1. The molecule has 3 aromatic rings. The van der Waals surface area contributed by atoms with Gasteiger partial charge in [0, 0.05) is 6.54 Å². The second kappa shape index (κ2) is 9.32. The molecule has 28 heavy (non-hydrogen) atoms. The van der Waals surface area contributed by atoms with Gasteiger partial charge < -0.3 is 0 Å². The molecule has 1 N–H and O–H groups in total. The zero-order valence-electron chi connectivity index (χ0n) is 15.5. The van der Waals surface area contributed by atoms with Crippen LogP contribution in [0.5, 0.6) is 0 Å². The van der Waals surface area contributed by atoms with E-state index in [1.807, 2.05) is 42.5 Å². The summed E-state index contributed by atoms with van der Waals surface area (Å²) in [4.78, 5) is 0.253. The van der Waals surface area contributed by atoms with Crippen LogP contribution in [0.15, 0.2) is 89.8 Å². The molecule has 0 heterocycles. The maximum Gasteiger partial charge on any atom is 0.240 e. The van der Waals surface area contributed by atoms with Crippen molar-refractivity contribution in [3.63, 3.8) is 0 Å². The van der Waals surface area contributed by atoms with E-state index in [4.69, 9.17) is 0 Å². The average molecular weight is 391 g/mol. The molecule has 0 aliphatic carbocycles. The first-order valence-electron chi connectivity index (χ1n) is 9.20. The van der Waals surface area contributed by atoms with Gasteiger partial charge >= 0.3 is 0 Å². The second-order valence-corrected chi connectivity index (χ2v) is 8.29. The molecule has 4 nitrogen and oxygen atoms in total. The molecule has 0 fully saturated rings. The lowest BCUT2D eigenvalue weighted by Crippen LogP contribution is -2.25. The van der Waals surface area contributed by atoms with Crippen molar-refractivity contribution in [2.45, 2.75) is 23.7 Å². The molecule has 3 aromatic carbocycles. The summed E-state index contributed by atoms with van der Waals surface area (Å²) in [5, 5.41) is 9.51. The van der Waals surface area contributed by atoms with Crippen LogP contribution < -0.4 is 4.72 Å². The molecule has 0 radical (unpaired) electrons. The molecule has 1 atom stereocenters. The summed E-state index contributed by atoms with van der Waals surface area (Å²) in [6.45, 7) is 0.303. The summed E-state index contributed by atoms with van der Waals surface area (Å²) in [7, 11) is -3.50. The Morgan fingerprint density at radius 3 is 2.00 bits per heavy atom. The zero-order chi connectivity index (χ0) is 19.8. The van der Waals surface area contributed by atoms with Crippen molar-refractivity contribution in [2.75, 3.05) is 6.54 Å². The lowest BCUT2D eigenvalue weighted by molar-refractivity contribution is 0.574. The number of hydrogen-bond donors (Lipinski definition) is 1. The summed E-state index contributed by atoms with van der Waals surface area (Å²) in [5.74, 6) is -0.258. The maximum atomic E-state index is 12.2. The van der Waals surface area contributed by atoms with Crippen LogP contribution in [0.1, 0.15) is 24.3 Å². The topological polar surface area (TPSA) is 70.0 Å². The number of sulfonamides is 1. The Morgan fingerprint density at radius 2 is 1.39 bits per heavy atom. The predicted octanol–water partition coefficient (Wildman–Crippen LogP) is 4.72. The van der Waals surface area contributed by atoms with Gasteiger partial charge in [0.2, 0.25) is 10.0 Å². The predicted molar refractivity (Wildman–Crippen MR) is 111 cm³/mol. The van der Waals surface area contributed by atoms with Crippen LogP contribution in [0, 0.1) is 11.3 Å². The fourth-order valence-corrected chi connectivity index (χ4v) is 4.14. The Bertz CT molecular complexity index is 1030. The molecule has 5 heteroatoms. The highest BCUT2D eigenvalue weighted by molar-refractivity contribution is 7.89. The number of nitrogens with zero attached hydrogens (tertiary/aromatic N) is 1. The first kappa shape index (κ1) is 19.8. The van der Waals surface area contributed by atoms with Crippen LogP contribution in [0.25, 0.3) is 11.1 Å². The molecule has 142 valence electrons. The Labute approximate surface area is 166 Å². The minimum Gasteiger partial charge on any atom is -0.211 e. The Morgan fingerprint density at radius 1 is 0.821 bits per heavy atom. The molecule has 0 unspecified atom stereocenters. The van der Waals surface area contributed by atoms with Crippen LogP contribution in [-0.4, -0.2) is 15.0 Å². The third-order valence-electron chi connectivity index (χ3n) is 4.59. The van der Waals surface area contributed by atoms with E-state index >= 15 is 0 Å². The van der Waals surface area contributed by atoms with Gasteiger partial charge in [-0.2, -0.15) is 5.26 Å². The third kappa shape index (κ3) is 5.07. The first-order chi connectivity index (χ1) is 13.6. The molecule has 3 rings (SSSR count). The quantitative estimate of drug-likeness (QED) is 0.566. The van der Waals surface area contributed by atoms with Crippen LogP contribution in [-0.2, 0) is 10.0 Å². The van der Waals surface area contributed by atoms with Gasteiger partial charge in [0.25, 0.3) is 0 Å². The van der Waals surface area contributed by atoms with E-state index in [-0.39, 0.29) is 10.8 Å². The number of nitrogens with one attached hydrogen (secondary N) is 1. The van der Waals surface area contributed by atoms with Crippen molar-refractivity contribution >= 4 is 10.0 Å². The van der Waals surface area contributed by atoms with Crippen molar-refractivity contribution < 1.29 is 8.42 Å². The van der Waals surface area contributed by atoms with Crippen LogP contribution >= 0.6 is 0 Å². The number of rotatable bonds is 8. The molecule has 0 aromatic heterocycles. The fraction of sp³-hybridized carbons (Fsp3) is 0.174. The number of benzene rings is 3. The third-order valence-corrected chi connectivity index (χ3v) is 6.07. The molecule has 0 bridgehead atoms. The highest BCUT2D eigenvalue weighted by Crippen LogP contribution is 2.25. The first-order valence-corrected chi connectivity index (χ1v) is 10.7. The molecule has 0 amide bonds. The summed E-state index contributed by atoms with van der Waals surface area (Å²) in [5.41, 5.74) is 3.20. The van der Waals surface area contributed by atoms with Gasteiger partial charge in [-0.3, -0.25) is 0 Å². The molecule has 0 saturated heterocycles. The van der Waals surface area contributed by atoms with E-state index in [0.29, 0.717) is 19.4 Å². The standard InChI is InChI=1S/C23H22N2O2S/c24-18-22(10-7-17-25-28(26,27)23-11-5-2-6-12-23)21-15-13-20(14-16-21)19-8-3-1-4-9-19/h1-6,8-9,11-16,22,25H,7,10,17H2/t22-/m0/s1. The maximum absolute atomic E-state index is 12.2. The van der Waals surface area contributed by atoms with Gasteiger partial charge in [0.15, 0.2) is 0 Å². The van der Waals surface area contributed by atoms with Crippen molar-refractivity contribution in [1.82, 2.24) is 4.72 Å². The van der Waals surface area contributed by atoms with Crippen molar-refractivity contribution in [3.8, 4) is 17.2 Å². The molecular formula is C23H22N2O2S. The van der Waals surface area contributed by atoms with E-state index in [0.717, 1.165) is 16.7 Å². The number of hydrogen-bond acceptors (Lipinski definition) is 3.